The summed E-state index contributed by atoms with van der Waals surface area (Å²) in [4.78, 5) is 12.4. The molecule has 1 fully saturated rings. The van der Waals surface area contributed by atoms with E-state index >= 15 is 0 Å². The molecule has 2 N–H and O–H groups in total. The highest BCUT2D eigenvalue weighted by molar-refractivity contribution is 7.89. The smallest absolute Gasteiger partial charge is 0.244 e. The Bertz CT molecular complexity index is 617. The molecule has 1 aliphatic heterocycles. The first-order chi connectivity index (χ1) is 9.75. The van der Waals surface area contributed by atoms with Gasteiger partial charge in [0, 0.05) is 19.8 Å². The Balaban J connectivity index is 2.12. The third kappa shape index (κ3) is 3.25. The van der Waals surface area contributed by atoms with Gasteiger partial charge in [-0.15, -0.1) is 0 Å². The van der Waals surface area contributed by atoms with Crippen molar-refractivity contribution >= 4 is 21.6 Å². The maximum atomic E-state index is 12.2. The second-order valence-electron chi connectivity index (χ2n) is 5.63. The monoisotopic (exact) mass is 311 g/mol. The standard InChI is InChI=1S/C14H21N3O3S/c1-14(9-4-10-15-14)13(18)16-11-5-7-12(8-6-11)21(19,20)17(2)3/h5-8,15H,4,9-10H2,1-3H3,(H,16,18). The minimum atomic E-state index is -3.44. The lowest BCUT2D eigenvalue weighted by Crippen LogP contribution is -2.47. The molecule has 1 aromatic carbocycles. The van der Waals surface area contributed by atoms with Gasteiger partial charge < -0.3 is 10.6 Å². The van der Waals surface area contributed by atoms with Crippen LogP contribution in [0.5, 0.6) is 0 Å². The third-order valence-electron chi connectivity index (χ3n) is 3.76. The number of nitrogens with zero attached hydrogens (tertiary/aromatic N) is 1. The Hall–Kier alpha value is -1.44. The molecule has 7 heteroatoms. The van der Waals surface area contributed by atoms with Crippen LogP contribution in [-0.4, -0.2) is 44.8 Å². The fraction of sp³-hybridized carbons (Fsp3) is 0.500. The summed E-state index contributed by atoms with van der Waals surface area (Å²) >= 11 is 0. The van der Waals surface area contributed by atoms with Crippen LogP contribution in [0.2, 0.25) is 0 Å². The van der Waals surface area contributed by atoms with E-state index < -0.39 is 15.6 Å². The normalized spacial score (nSPS) is 22.5. The SMILES string of the molecule is CN(C)S(=O)(=O)c1ccc(NC(=O)C2(C)CCCN2)cc1. The maximum absolute atomic E-state index is 12.2. The van der Waals surface area contributed by atoms with Gasteiger partial charge in [-0.25, -0.2) is 12.7 Å². The van der Waals surface area contributed by atoms with Crippen LogP contribution >= 0.6 is 0 Å². The summed E-state index contributed by atoms with van der Waals surface area (Å²) in [5, 5.41) is 6.01. The van der Waals surface area contributed by atoms with E-state index in [4.69, 9.17) is 0 Å². The minimum Gasteiger partial charge on any atom is -0.324 e. The summed E-state index contributed by atoms with van der Waals surface area (Å²) in [5.41, 5.74) is 0.0432. The molecular weight excluding hydrogens is 290 g/mol. The lowest BCUT2D eigenvalue weighted by atomic mass is 9.99. The molecule has 116 valence electrons. The number of anilines is 1. The molecule has 1 aromatic rings. The zero-order chi connectivity index (χ0) is 15.7. The van der Waals surface area contributed by atoms with Crippen molar-refractivity contribution in [3.05, 3.63) is 24.3 Å². The predicted molar refractivity (Wildman–Crippen MR) is 81.6 cm³/mol. The van der Waals surface area contributed by atoms with Crippen LogP contribution in [0.15, 0.2) is 29.2 Å². The van der Waals surface area contributed by atoms with Gasteiger partial charge in [0.1, 0.15) is 0 Å². The Morgan fingerprint density at radius 1 is 1.29 bits per heavy atom. The zero-order valence-corrected chi connectivity index (χ0v) is 13.3. The number of rotatable bonds is 4. The lowest BCUT2D eigenvalue weighted by Gasteiger charge is -2.23. The molecule has 0 saturated carbocycles. The fourth-order valence-electron chi connectivity index (χ4n) is 2.28. The molecule has 1 atom stereocenters. The molecule has 1 aliphatic rings. The third-order valence-corrected chi connectivity index (χ3v) is 5.59. The molecule has 0 radical (unpaired) electrons. The van der Waals surface area contributed by atoms with E-state index in [1.54, 1.807) is 12.1 Å². The second-order valence-corrected chi connectivity index (χ2v) is 7.78. The van der Waals surface area contributed by atoms with Crippen LogP contribution in [0.4, 0.5) is 5.69 Å². The van der Waals surface area contributed by atoms with Crippen LogP contribution in [-0.2, 0) is 14.8 Å². The molecule has 2 rings (SSSR count). The summed E-state index contributed by atoms with van der Waals surface area (Å²) in [6.45, 7) is 2.71. The summed E-state index contributed by atoms with van der Waals surface area (Å²) < 4.78 is 25.1. The number of amides is 1. The van der Waals surface area contributed by atoms with E-state index in [1.165, 1.54) is 26.2 Å². The van der Waals surface area contributed by atoms with Crippen LogP contribution in [0, 0.1) is 0 Å². The summed E-state index contributed by atoms with van der Waals surface area (Å²) in [6, 6.07) is 6.20. The number of hydrogen-bond donors (Lipinski definition) is 2. The van der Waals surface area contributed by atoms with Crippen molar-refractivity contribution in [1.29, 1.82) is 0 Å². The zero-order valence-electron chi connectivity index (χ0n) is 12.5. The van der Waals surface area contributed by atoms with Gasteiger partial charge in [-0.05, 0) is 50.6 Å². The summed E-state index contributed by atoms with van der Waals surface area (Å²) in [5.74, 6) is -0.0942. The molecule has 0 spiro atoms. The Labute approximate surface area is 125 Å². The highest BCUT2D eigenvalue weighted by Crippen LogP contribution is 2.22. The minimum absolute atomic E-state index is 0.0942. The van der Waals surface area contributed by atoms with Crippen molar-refractivity contribution in [3.63, 3.8) is 0 Å². The van der Waals surface area contributed by atoms with Crippen molar-refractivity contribution in [1.82, 2.24) is 9.62 Å². The molecule has 0 aliphatic carbocycles. The Morgan fingerprint density at radius 2 is 1.90 bits per heavy atom. The van der Waals surface area contributed by atoms with Gasteiger partial charge in [0.05, 0.1) is 10.4 Å². The van der Waals surface area contributed by atoms with Gasteiger partial charge in [0.2, 0.25) is 15.9 Å². The molecule has 1 heterocycles. The van der Waals surface area contributed by atoms with Gasteiger partial charge in [-0.3, -0.25) is 4.79 Å². The van der Waals surface area contributed by atoms with Crippen molar-refractivity contribution < 1.29 is 13.2 Å². The van der Waals surface area contributed by atoms with Gasteiger partial charge in [-0.2, -0.15) is 0 Å². The molecule has 1 unspecified atom stereocenters. The number of hydrogen-bond acceptors (Lipinski definition) is 4. The Kier molecular flexibility index (Phi) is 4.36. The van der Waals surface area contributed by atoms with Crippen molar-refractivity contribution in [2.24, 2.45) is 0 Å². The van der Waals surface area contributed by atoms with Gasteiger partial charge >= 0.3 is 0 Å². The van der Waals surface area contributed by atoms with E-state index in [9.17, 15) is 13.2 Å². The first-order valence-corrected chi connectivity index (χ1v) is 8.29. The average molecular weight is 311 g/mol. The molecule has 0 bridgehead atoms. The summed E-state index contributed by atoms with van der Waals surface area (Å²) in [7, 11) is -0.474. The van der Waals surface area contributed by atoms with E-state index in [1.807, 2.05) is 6.92 Å². The fourth-order valence-corrected chi connectivity index (χ4v) is 3.18. The van der Waals surface area contributed by atoms with Crippen LogP contribution in [0.1, 0.15) is 19.8 Å². The van der Waals surface area contributed by atoms with Gasteiger partial charge in [0.15, 0.2) is 0 Å². The topological polar surface area (TPSA) is 78.5 Å². The van der Waals surface area contributed by atoms with Crippen LogP contribution in [0.25, 0.3) is 0 Å². The van der Waals surface area contributed by atoms with Crippen molar-refractivity contribution in [3.8, 4) is 0 Å². The number of nitrogens with one attached hydrogen (secondary N) is 2. The van der Waals surface area contributed by atoms with Gasteiger partial charge in [-0.1, -0.05) is 0 Å². The molecule has 6 nitrogen and oxygen atoms in total. The van der Waals surface area contributed by atoms with Gasteiger partial charge in [0.25, 0.3) is 0 Å². The van der Waals surface area contributed by atoms with E-state index in [2.05, 4.69) is 10.6 Å². The van der Waals surface area contributed by atoms with E-state index in [-0.39, 0.29) is 10.8 Å². The predicted octanol–water partition coefficient (Wildman–Crippen LogP) is 1.02. The molecule has 21 heavy (non-hydrogen) atoms. The van der Waals surface area contributed by atoms with E-state index in [0.29, 0.717) is 5.69 Å². The van der Waals surface area contributed by atoms with Crippen LogP contribution in [0.3, 0.4) is 0 Å². The van der Waals surface area contributed by atoms with E-state index in [0.717, 1.165) is 23.7 Å². The van der Waals surface area contributed by atoms with Crippen molar-refractivity contribution in [2.45, 2.75) is 30.2 Å². The van der Waals surface area contributed by atoms with Crippen LogP contribution < -0.4 is 10.6 Å². The first kappa shape index (κ1) is 15.9. The second kappa shape index (κ2) is 5.75. The highest BCUT2D eigenvalue weighted by atomic mass is 32.2. The quantitative estimate of drug-likeness (QED) is 0.870. The maximum Gasteiger partial charge on any atom is 0.244 e. The molecular formula is C14H21N3O3S. The number of sulfonamides is 1. The molecule has 0 aromatic heterocycles. The van der Waals surface area contributed by atoms with Crippen molar-refractivity contribution in [2.75, 3.05) is 26.0 Å². The number of benzene rings is 1. The molecule has 1 amide bonds. The first-order valence-electron chi connectivity index (χ1n) is 6.85. The number of carbonyl (C=O) groups excluding carboxylic acids is 1. The number of carbonyl (C=O) groups is 1. The largest absolute Gasteiger partial charge is 0.324 e. The highest BCUT2D eigenvalue weighted by Gasteiger charge is 2.35. The lowest BCUT2D eigenvalue weighted by molar-refractivity contribution is -0.121. The summed E-state index contributed by atoms with van der Waals surface area (Å²) in [6.07, 6.45) is 1.77. The molecule has 1 saturated heterocycles. The average Bonchev–Trinajstić information content (AvgIpc) is 2.87. The Morgan fingerprint density at radius 3 is 2.38 bits per heavy atom.